The fourth-order valence-corrected chi connectivity index (χ4v) is 2.45. The lowest BCUT2D eigenvalue weighted by molar-refractivity contribution is -0.138. The number of aliphatic carboxylic acids is 1. The Morgan fingerprint density at radius 1 is 1.18 bits per heavy atom. The fourth-order valence-electron chi connectivity index (χ4n) is 2.45. The number of carboxylic acids is 1. The third-order valence-electron chi connectivity index (χ3n) is 3.82. The van der Waals surface area contributed by atoms with Crippen LogP contribution in [0.25, 0.3) is 0 Å². The molecule has 0 radical (unpaired) electrons. The zero-order valence-electron chi connectivity index (χ0n) is 14.9. The first kappa shape index (κ1) is 21.0. The van der Waals surface area contributed by atoms with E-state index in [4.69, 9.17) is 14.6 Å². The molecule has 1 aromatic heterocycles. The van der Waals surface area contributed by atoms with Gasteiger partial charge in [0.25, 0.3) is 5.91 Å². The van der Waals surface area contributed by atoms with Crippen LogP contribution in [0.4, 0.5) is 13.2 Å². The highest BCUT2D eigenvalue weighted by molar-refractivity contribution is 5.92. The minimum absolute atomic E-state index is 0.282. The summed E-state index contributed by atoms with van der Waals surface area (Å²) in [6.07, 6.45) is -4.52. The summed E-state index contributed by atoms with van der Waals surface area (Å²) < 4.78 is 48.1. The first-order chi connectivity index (χ1) is 13.2. The number of hydrogen-bond donors (Lipinski definition) is 2. The average molecular weight is 398 g/mol. The van der Waals surface area contributed by atoms with Gasteiger partial charge in [0.05, 0.1) is 32.2 Å². The van der Waals surface area contributed by atoms with Gasteiger partial charge in [-0.05, 0) is 24.3 Å². The Kier molecular flexibility index (Phi) is 6.45. The van der Waals surface area contributed by atoms with Crippen molar-refractivity contribution >= 4 is 11.9 Å². The van der Waals surface area contributed by atoms with Crippen LogP contribution < -0.4 is 14.8 Å². The molecule has 1 atom stereocenters. The summed E-state index contributed by atoms with van der Waals surface area (Å²) in [6.45, 7) is 0. The van der Waals surface area contributed by atoms with Gasteiger partial charge in [-0.2, -0.15) is 13.2 Å². The van der Waals surface area contributed by atoms with Crippen molar-refractivity contribution in [2.24, 2.45) is 0 Å². The molecule has 2 N–H and O–H groups in total. The van der Waals surface area contributed by atoms with Gasteiger partial charge < -0.3 is 19.9 Å². The summed E-state index contributed by atoms with van der Waals surface area (Å²) in [7, 11) is 2.82. The monoisotopic (exact) mass is 398 g/mol. The highest BCUT2D eigenvalue weighted by atomic mass is 19.4. The number of carbonyl (C=O) groups is 2. The lowest BCUT2D eigenvalue weighted by Gasteiger charge is -2.20. The number of hydrogen-bond acceptors (Lipinski definition) is 5. The van der Waals surface area contributed by atoms with Crippen molar-refractivity contribution in [3.8, 4) is 11.5 Å². The maximum atomic E-state index is 12.6. The van der Waals surface area contributed by atoms with Crippen LogP contribution >= 0.6 is 0 Å². The molecule has 0 saturated heterocycles. The molecule has 2 rings (SSSR count). The molecule has 0 aliphatic carbocycles. The fraction of sp³-hybridized carbons (Fsp3) is 0.278. The summed E-state index contributed by atoms with van der Waals surface area (Å²) in [5.74, 6) is -1.27. The summed E-state index contributed by atoms with van der Waals surface area (Å²) in [6, 6.07) is 5.26. The topological polar surface area (TPSA) is 97.8 Å². The van der Waals surface area contributed by atoms with E-state index >= 15 is 0 Å². The van der Waals surface area contributed by atoms with E-state index in [1.165, 1.54) is 26.4 Å². The number of methoxy groups -OCH3 is 2. The minimum Gasteiger partial charge on any atom is -0.497 e. The summed E-state index contributed by atoms with van der Waals surface area (Å²) in [5.41, 5.74) is -0.912. The third kappa shape index (κ3) is 5.12. The van der Waals surface area contributed by atoms with E-state index in [1.807, 2.05) is 0 Å². The highest BCUT2D eigenvalue weighted by Crippen LogP contribution is 2.32. The van der Waals surface area contributed by atoms with Crippen molar-refractivity contribution < 1.29 is 37.3 Å². The number of aromatic nitrogens is 1. The van der Waals surface area contributed by atoms with Crippen LogP contribution in [0.3, 0.4) is 0 Å². The molecule has 1 heterocycles. The Balaban J connectivity index is 2.29. The predicted molar refractivity (Wildman–Crippen MR) is 91.2 cm³/mol. The van der Waals surface area contributed by atoms with Gasteiger partial charge in [0, 0.05) is 17.8 Å². The maximum absolute atomic E-state index is 12.6. The zero-order chi connectivity index (χ0) is 20.9. The Morgan fingerprint density at radius 3 is 2.39 bits per heavy atom. The number of rotatable bonds is 7. The third-order valence-corrected chi connectivity index (χ3v) is 3.82. The molecule has 0 fully saturated rings. The van der Waals surface area contributed by atoms with Gasteiger partial charge in [0.2, 0.25) is 0 Å². The Bertz CT molecular complexity index is 853. The number of nitrogens with one attached hydrogen (secondary N) is 1. The zero-order valence-corrected chi connectivity index (χ0v) is 14.9. The van der Waals surface area contributed by atoms with Crippen molar-refractivity contribution in [3.05, 3.63) is 53.3 Å². The first-order valence-electron chi connectivity index (χ1n) is 7.93. The van der Waals surface area contributed by atoms with Crippen molar-refractivity contribution in [3.63, 3.8) is 0 Å². The Morgan fingerprint density at radius 2 is 1.89 bits per heavy atom. The molecule has 0 spiro atoms. The van der Waals surface area contributed by atoms with E-state index < -0.39 is 36.1 Å². The maximum Gasteiger partial charge on any atom is 0.417 e. The van der Waals surface area contributed by atoms with Crippen LogP contribution in [0, 0.1) is 0 Å². The number of nitrogens with zero attached hydrogens (tertiary/aromatic N) is 1. The summed E-state index contributed by atoms with van der Waals surface area (Å²) in [4.78, 5) is 27.1. The number of carbonyl (C=O) groups excluding carboxylic acids is 1. The van der Waals surface area contributed by atoms with Crippen molar-refractivity contribution in [2.45, 2.75) is 18.6 Å². The van der Waals surface area contributed by atoms with Crippen molar-refractivity contribution in [1.82, 2.24) is 10.3 Å². The quantitative estimate of drug-likeness (QED) is 0.744. The van der Waals surface area contributed by atoms with Gasteiger partial charge in [-0.1, -0.05) is 0 Å². The van der Waals surface area contributed by atoms with E-state index in [9.17, 15) is 22.8 Å². The standard InChI is InChI=1S/C18H17F3N2O5/c1-27-11-4-5-12(15(7-11)28-2)14(8-16(24)25)23-17(26)13-6-3-10(9-22-13)18(19,20)21/h3-7,9,14H,8H2,1-2H3,(H,23,26)(H,24,25). The highest BCUT2D eigenvalue weighted by Gasteiger charge is 2.31. The number of carboxylic acid groups (broad SMARTS) is 1. The molecule has 150 valence electrons. The lowest BCUT2D eigenvalue weighted by Crippen LogP contribution is -2.31. The second-order valence-electron chi connectivity index (χ2n) is 5.66. The van der Waals surface area contributed by atoms with Crippen LogP contribution in [-0.2, 0) is 11.0 Å². The van der Waals surface area contributed by atoms with Gasteiger partial charge in [0.1, 0.15) is 17.2 Å². The first-order valence-corrected chi connectivity index (χ1v) is 7.93. The second kappa shape index (κ2) is 8.59. The molecule has 1 amide bonds. The van der Waals surface area contributed by atoms with E-state index in [-0.39, 0.29) is 11.4 Å². The van der Waals surface area contributed by atoms with Gasteiger partial charge >= 0.3 is 12.1 Å². The second-order valence-corrected chi connectivity index (χ2v) is 5.66. The van der Waals surface area contributed by atoms with Crippen LogP contribution in [0.5, 0.6) is 11.5 Å². The number of amides is 1. The number of halogens is 3. The molecule has 1 unspecified atom stereocenters. The minimum atomic E-state index is -4.58. The molecular weight excluding hydrogens is 381 g/mol. The van der Waals surface area contributed by atoms with Gasteiger partial charge in [-0.25, -0.2) is 0 Å². The summed E-state index contributed by atoms with van der Waals surface area (Å²) >= 11 is 0. The molecule has 7 nitrogen and oxygen atoms in total. The molecule has 0 aliphatic heterocycles. The number of alkyl halides is 3. The molecular formula is C18H17F3N2O5. The van der Waals surface area contributed by atoms with E-state index in [2.05, 4.69) is 10.3 Å². The SMILES string of the molecule is COc1ccc(C(CC(=O)O)NC(=O)c2ccc(C(F)(F)F)cn2)c(OC)c1. The van der Waals surface area contributed by atoms with E-state index in [0.29, 0.717) is 17.5 Å². The van der Waals surface area contributed by atoms with Crippen LogP contribution in [-0.4, -0.2) is 36.2 Å². The normalized spacial score (nSPS) is 12.2. The van der Waals surface area contributed by atoms with Crippen LogP contribution in [0.1, 0.15) is 34.1 Å². The van der Waals surface area contributed by atoms with Crippen molar-refractivity contribution in [1.29, 1.82) is 0 Å². The largest absolute Gasteiger partial charge is 0.497 e. The smallest absolute Gasteiger partial charge is 0.417 e. The molecule has 1 aromatic carbocycles. The molecule has 0 saturated carbocycles. The van der Waals surface area contributed by atoms with E-state index in [1.54, 1.807) is 6.07 Å². The molecule has 0 aliphatic rings. The Labute approximate surface area is 158 Å². The number of pyridine rings is 1. The predicted octanol–water partition coefficient (Wildman–Crippen LogP) is 3.06. The average Bonchev–Trinajstić information content (AvgIpc) is 2.65. The van der Waals surface area contributed by atoms with Gasteiger partial charge in [-0.3, -0.25) is 14.6 Å². The number of benzene rings is 1. The molecule has 0 bridgehead atoms. The van der Waals surface area contributed by atoms with Gasteiger partial charge in [-0.15, -0.1) is 0 Å². The van der Waals surface area contributed by atoms with Crippen LogP contribution in [0.2, 0.25) is 0 Å². The van der Waals surface area contributed by atoms with Gasteiger partial charge in [0.15, 0.2) is 0 Å². The molecule has 10 heteroatoms. The summed E-state index contributed by atoms with van der Waals surface area (Å²) in [5, 5.41) is 11.6. The van der Waals surface area contributed by atoms with Crippen molar-refractivity contribution in [2.75, 3.05) is 14.2 Å². The molecule has 28 heavy (non-hydrogen) atoms. The Hall–Kier alpha value is -3.30. The molecule has 2 aromatic rings. The lowest BCUT2D eigenvalue weighted by atomic mass is 10.0. The van der Waals surface area contributed by atoms with E-state index in [0.717, 1.165) is 12.1 Å². The van der Waals surface area contributed by atoms with Crippen LogP contribution in [0.15, 0.2) is 36.5 Å². The number of ether oxygens (including phenoxy) is 2.